The van der Waals surface area contributed by atoms with Gasteiger partial charge in [0.15, 0.2) is 0 Å². The summed E-state index contributed by atoms with van der Waals surface area (Å²) in [5.74, 6) is -0.165. The largest absolute Gasteiger partial charge is 0.265 e. The number of halogens is 1. The van der Waals surface area contributed by atoms with Crippen LogP contribution in [0.1, 0.15) is 18.9 Å². The molecule has 0 amide bonds. The lowest BCUT2D eigenvalue weighted by molar-refractivity contribution is 0.618. The number of aryl methyl sites for hydroxylation is 1. The number of anilines is 1. The molecule has 1 heterocycles. The van der Waals surface area contributed by atoms with Gasteiger partial charge in [0.1, 0.15) is 5.82 Å². The highest BCUT2D eigenvalue weighted by molar-refractivity contribution is 5.85. The van der Waals surface area contributed by atoms with Crippen molar-refractivity contribution >= 4 is 11.4 Å². The van der Waals surface area contributed by atoms with Crippen molar-refractivity contribution in [3.63, 3.8) is 0 Å². The van der Waals surface area contributed by atoms with Gasteiger partial charge >= 0.3 is 0 Å². The van der Waals surface area contributed by atoms with Gasteiger partial charge in [0.25, 0.3) is 0 Å². The Hall–Kier alpha value is -1.38. The minimum Gasteiger partial charge on any atom is -0.265 e. The molecule has 0 radical (unpaired) electrons. The van der Waals surface area contributed by atoms with E-state index in [-0.39, 0.29) is 5.82 Å². The van der Waals surface area contributed by atoms with Crippen molar-refractivity contribution in [1.82, 2.24) is 0 Å². The van der Waals surface area contributed by atoms with Crippen molar-refractivity contribution in [2.45, 2.75) is 20.3 Å². The van der Waals surface area contributed by atoms with E-state index in [1.54, 1.807) is 13.0 Å². The van der Waals surface area contributed by atoms with E-state index in [1.807, 2.05) is 18.0 Å². The Labute approximate surface area is 83.0 Å². The number of hydrazone groups is 1. The van der Waals surface area contributed by atoms with Gasteiger partial charge in [-0.2, -0.15) is 5.10 Å². The van der Waals surface area contributed by atoms with E-state index in [1.165, 1.54) is 6.07 Å². The van der Waals surface area contributed by atoms with Gasteiger partial charge in [0.2, 0.25) is 0 Å². The summed E-state index contributed by atoms with van der Waals surface area (Å²) in [4.78, 5) is 0. The molecule has 14 heavy (non-hydrogen) atoms. The van der Waals surface area contributed by atoms with Crippen molar-refractivity contribution in [2.75, 3.05) is 11.6 Å². The first kappa shape index (κ1) is 9.19. The van der Waals surface area contributed by atoms with Crippen LogP contribution in [-0.2, 0) is 0 Å². The Morgan fingerprint density at radius 1 is 1.36 bits per heavy atom. The second-order valence-corrected chi connectivity index (χ2v) is 3.64. The lowest BCUT2D eigenvalue weighted by Crippen LogP contribution is -2.11. The van der Waals surface area contributed by atoms with Gasteiger partial charge in [0.05, 0.1) is 5.69 Å². The fourth-order valence-corrected chi connectivity index (χ4v) is 1.50. The summed E-state index contributed by atoms with van der Waals surface area (Å²) in [7, 11) is 0. The Kier molecular flexibility index (Phi) is 2.23. The summed E-state index contributed by atoms with van der Waals surface area (Å²) >= 11 is 0. The zero-order valence-corrected chi connectivity index (χ0v) is 8.42. The minimum absolute atomic E-state index is 0.165. The average molecular weight is 192 g/mol. The molecule has 1 aliphatic rings. The van der Waals surface area contributed by atoms with Gasteiger partial charge < -0.3 is 0 Å². The van der Waals surface area contributed by atoms with Crippen molar-refractivity contribution in [3.8, 4) is 0 Å². The summed E-state index contributed by atoms with van der Waals surface area (Å²) in [6.45, 7) is 4.61. The molecule has 1 aliphatic heterocycles. The van der Waals surface area contributed by atoms with Crippen molar-refractivity contribution in [1.29, 1.82) is 0 Å². The topological polar surface area (TPSA) is 15.6 Å². The SMILES string of the molecule is CC1=NN(c2ccc(C)c(F)c2)CC1. The van der Waals surface area contributed by atoms with E-state index >= 15 is 0 Å². The number of rotatable bonds is 1. The number of benzene rings is 1. The molecule has 0 spiro atoms. The van der Waals surface area contributed by atoms with E-state index < -0.39 is 0 Å². The van der Waals surface area contributed by atoms with Crippen LogP contribution >= 0.6 is 0 Å². The van der Waals surface area contributed by atoms with Gasteiger partial charge in [0, 0.05) is 18.7 Å². The van der Waals surface area contributed by atoms with Gasteiger partial charge in [-0.3, -0.25) is 5.01 Å². The van der Waals surface area contributed by atoms with Crippen LogP contribution in [0.4, 0.5) is 10.1 Å². The predicted molar refractivity (Wildman–Crippen MR) is 56.2 cm³/mol. The molecule has 1 aromatic carbocycles. The van der Waals surface area contributed by atoms with Crippen LogP contribution in [0.5, 0.6) is 0 Å². The fourth-order valence-electron chi connectivity index (χ4n) is 1.50. The van der Waals surface area contributed by atoms with Crippen LogP contribution in [0.3, 0.4) is 0 Å². The fraction of sp³-hybridized carbons (Fsp3) is 0.364. The molecule has 3 heteroatoms. The zero-order chi connectivity index (χ0) is 10.1. The first-order valence-corrected chi connectivity index (χ1v) is 4.74. The van der Waals surface area contributed by atoms with Gasteiger partial charge in [-0.1, -0.05) is 6.07 Å². The normalized spacial score (nSPS) is 15.9. The third-order valence-corrected chi connectivity index (χ3v) is 2.43. The highest BCUT2D eigenvalue weighted by Gasteiger charge is 2.13. The third kappa shape index (κ3) is 1.62. The highest BCUT2D eigenvalue weighted by atomic mass is 19.1. The van der Waals surface area contributed by atoms with E-state index in [0.717, 1.165) is 24.4 Å². The first-order valence-electron chi connectivity index (χ1n) is 4.74. The van der Waals surface area contributed by atoms with Crippen molar-refractivity contribution in [3.05, 3.63) is 29.6 Å². The molecular formula is C11H13FN2. The molecule has 0 N–H and O–H groups in total. The first-order chi connectivity index (χ1) is 6.66. The summed E-state index contributed by atoms with van der Waals surface area (Å²) in [5, 5.41) is 6.16. The van der Waals surface area contributed by atoms with Crippen LogP contribution < -0.4 is 5.01 Å². The van der Waals surface area contributed by atoms with Gasteiger partial charge in [-0.25, -0.2) is 4.39 Å². The maximum atomic E-state index is 13.3. The zero-order valence-electron chi connectivity index (χ0n) is 8.42. The Morgan fingerprint density at radius 3 is 2.71 bits per heavy atom. The molecule has 2 rings (SSSR count). The molecule has 0 unspecified atom stereocenters. The molecule has 0 aliphatic carbocycles. The number of nitrogens with zero attached hydrogens (tertiary/aromatic N) is 2. The molecule has 2 nitrogen and oxygen atoms in total. The Bertz CT molecular complexity index is 385. The molecule has 1 aromatic rings. The average Bonchev–Trinajstić information content (AvgIpc) is 2.57. The van der Waals surface area contributed by atoms with Crippen LogP contribution in [0, 0.1) is 12.7 Å². The molecule has 0 fully saturated rings. The smallest absolute Gasteiger partial charge is 0.128 e. The third-order valence-electron chi connectivity index (χ3n) is 2.43. The van der Waals surface area contributed by atoms with Crippen LogP contribution in [-0.4, -0.2) is 12.3 Å². The Morgan fingerprint density at radius 2 is 2.14 bits per heavy atom. The predicted octanol–water partition coefficient (Wildman–Crippen LogP) is 2.72. The quantitative estimate of drug-likeness (QED) is 0.668. The summed E-state index contributed by atoms with van der Waals surface area (Å²) < 4.78 is 13.3. The van der Waals surface area contributed by atoms with Crippen molar-refractivity contribution in [2.24, 2.45) is 5.10 Å². The molecule has 0 aromatic heterocycles. The van der Waals surface area contributed by atoms with E-state index in [0.29, 0.717) is 5.56 Å². The molecule has 74 valence electrons. The molecule has 0 bridgehead atoms. The van der Waals surface area contributed by atoms with Gasteiger partial charge in [-0.15, -0.1) is 0 Å². The lowest BCUT2D eigenvalue weighted by atomic mass is 10.2. The second-order valence-electron chi connectivity index (χ2n) is 3.64. The standard InChI is InChI=1S/C11H13FN2/c1-8-3-4-10(7-11(8)12)14-6-5-9(2)13-14/h3-4,7H,5-6H2,1-2H3. The summed E-state index contributed by atoms with van der Waals surface area (Å²) in [6, 6.07) is 5.23. The van der Waals surface area contributed by atoms with E-state index in [2.05, 4.69) is 5.10 Å². The highest BCUT2D eigenvalue weighted by Crippen LogP contribution is 2.21. The summed E-state index contributed by atoms with van der Waals surface area (Å²) in [5.41, 5.74) is 2.62. The maximum Gasteiger partial charge on any atom is 0.128 e. The molecular weight excluding hydrogens is 179 g/mol. The van der Waals surface area contributed by atoms with Crippen LogP contribution in [0.15, 0.2) is 23.3 Å². The second kappa shape index (κ2) is 3.40. The van der Waals surface area contributed by atoms with E-state index in [9.17, 15) is 4.39 Å². The summed E-state index contributed by atoms with van der Waals surface area (Å²) in [6.07, 6.45) is 0.968. The number of hydrogen-bond acceptors (Lipinski definition) is 2. The monoisotopic (exact) mass is 192 g/mol. The number of hydrogen-bond donors (Lipinski definition) is 0. The lowest BCUT2D eigenvalue weighted by Gasteiger charge is -2.13. The van der Waals surface area contributed by atoms with Crippen molar-refractivity contribution < 1.29 is 4.39 Å². The molecule has 0 atom stereocenters. The molecule has 0 saturated carbocycles. The van der Waals surface area contributed by atoms with Crippen LogP contribution in [0.25, 0.3) is 0 Å². The van der Waals surface area contributed by atoms with Gasteiger partial charge in [-0.05, 0) is 31.5 Å². The van der Waals surface area contributed by atoms with Crippen LogP contribution in [0.2, 0.25) is 0 Å². The molecule has 0 saturated heterocycles. The Balaban J connectivity index is 2.29. The maximum absolute atomic E-state index is 13.3. The van der Waals surface area contributed by atoms with E-state index in [4.69, 9.17) is 0 Å². The minimum atomic E-state index is -0.165.